The van der Waals surface area contributed by atoms with Crippen LogP contribution in [-0.4, -0.2) is 15.3 Å². The van der Waals surface area contributed by atoms with Gasteiger partial charge in [-0.05, 0) is 35.9 Å². The zero-order chi connectivity index (χ0) is 16.9. The van der Waals surface area contributed by atoms with Gasteiger partial charge >= 0.3 is 0 Å². The molecule has 0 saturated carbocycles. The molecule has 2 aromatic carbocycles. The van der Waals surface area contributed by atoms with Crippen LogP contribution in [0.25, 0.3) is 11.8 Å². The standard InChI is InChI=1S/C19H14N2O3/c22-19(10-9-15-5-3-8-18(13-15)21(23)24)16-6-4-7-17(14-16)20-11-1-2-12-20/h1-14H. The average Bonchev–Trinajstić information content (AvgIpc) is 3.15. The maximum atomic E-state index is 12.3. The summed E-state index contributed by atoms with van der Waals surface area (Å²) >= 11 is 0. The summed E-state index contributed by atoms with van der Waals surface area (Å²) in [4.78, 5) is 22.6. The smallest absolute Gasteiger partial charge is 0.270 e. The number of nitrogens with zero attached hydrogens (tertiary/aromatic N) is 2. The third-order valence-corrected chi connectivity index (χ3v) is 3.54. The molecule has 0 atom stereocenters. The van der Waals surface area contributed by atoms with Gasteiger partial charge in [0.2, 0.25) is 0 Å². The van der Waals surface area contributed by atoms with Gasteiger partial charge in [0.05, 0.1) is 4.92 Å². The van der Waals surface area contributed by atoms with Crippen LogP contribution in [0.5, 0.6) is 0 Å². The number of ketones is 1. The monoisotopic (exact) mass is 318 g/mol. The molecule has 0 radical (unpaired) electrons. The first kappa shape index (κ1) is 15.4. The molecule has 1 aromatic heterocycles. The van der Waals surface area contributed by atoms with E-state index >= 15 is 0 Å². The van der Waals surface area contributed by atoms with Gasteiger partial charge in [-0.15, -0.1) is 0 Å². The second-order valence-electron chi connectivity index (χ2n) is 5.19. The highest BCUT2D eigenvalue weighted by Gasteiger charge is 2.06. The van der Waals surface area contributed by atoms with E-state index in [2.05, 4.69) is 0 Å². The van der Waals surface area contributed by atoms with Crippen molar-refractivity contribution < 1.29 is 9.72 Å². The Kier molecular flexibility index (Phi) is 4.34. The highest BCUT2D eigenvalue weighted by atomic mass is 16.6. The van der Waals surface area contributed by atoms with Gasteiger partial charge in [-0.3, -0.25) is 14.9 Å². The summed E-state index contributed by atoms with van der Waals surface area (Å²) in [5.41, 5.74) is 2.07. The van der Waals surface area contributed by atoms with Crippen LogP contribution in [0.2, 0.25) is 0 Å². The fraction of sp³-hybridized carbons (Fsp3) is 0. The van der Waals surface area contributed by atoms with Gasteiger partial charge in [0, 0.05) is 35.8 Å². The Hall–Kier alpha value is -3.47. The summed E-state index contributed by atoms with van der Waals surface area (Å²) in [7, 11) is 0. The van der Waals surface area contributed by atoms with Crippen molar-refractivity contribution in [2.24, 2.45) is 0 Å². The Morgan fingerprint density at radius 1 is 1.00 bits per heavy atom. The fourth-order valence-corrected chi connectivity index (χ4v) is 2.34. The van der Waals surface area contributed by atoms with E-state index in [0.29, 0.717) is 11.1 Å². The van der Waals surface area contributed by atoms with Crippen molar-refractivity contribution in [1.82, 2.24) is 4.57 Å². The molecule has 0 spiro atoms. The molecule has 0 aliphatic heterocycles. The van der Waals surface area contributed by atoms with Crippen LogP contribution in [-0.2, 0) is 0 Å². The molecule has 24 heavy (non-hydrogen) atoms. The number of hydrogen-bond donors (Lipinski definition) is 0. The molecule has 0 aliphatic rings. The van der Waals surface area contributed by atoms with E-state index in [-0.39, 0.29) is 11.5 Å². The van der Waals surface area contributed by atoms with Crippen molar-refractivity contribution >= 4 is 17.5 Å². The predicted molar refractivity (Wildman–Crippen MR) is 92.2 cm³/mol. The van der Waals surface area contributed by atoms with Crippen molar-refractivity contribution in [3.63, 3.8) is 0 Å². The zero-order valence-electron chi connectivity index (χ0n) is 12.7. The van der Waals surface area contributed by atoms with Crippen LogP contribution in [0.15, 0.2) is 79.1 Å². The van der Waals surface area contributed by atoms with Gasteiger partial charge in [-0.2, -0.15) is 0 Å². The fourth-order valence-electron chi connectivity index (χ4n) is 2.34. The topological polar surface area (TPSA) is 65.1 Å². The third kappa shape index (κ3) is 3.47. The molecular formula is C19H14N2O3. The van der Waals surface area contributed by atoms with Gasteiger partial charge in [0.15, 0.2) is 5.78 Å². The van der Waals surface area contributed by atoms with E-state index < -0.39 is 4.92 Å². The number of non-ortho nitro benzene ring substituents is 1. The molecule has 3 rings (SSSR count). The first-order valence-electron chi connectivity index (χ1n) is 7.34. The molecule has 5 heteroatoms. The second-order valence-corrected chi connectivity index (χ2v) is 5.19. The SMILES string of the molecule is O=C(C=Cc1cccc([N+](=O)[O-])c1)c1cccc(-n2cccc2)c1. The number of hydrogen-bond acceptors (Lipinski definition) is 3. The summed E-state index contributed by atoms with van der Waals surface area (Å²) in [5.74, 6) is -0.157. The Morgan fingerprint density at radius 2 is 1.75 bits per heavy atom. The van der Waals surface area contributed by atoms with Crippen LogP contribution in [0.3, 0.4) is 0 Å². The lowest BCUT2D eigenvalue weighted by molar-refractivity contribution is -0.384. The predicted octanol–water partition coefficient (Wildman–Crippen LogP) is 4.28. The molecular weight excluding hydrogens is 304 g/mol. The summed E-state index contributed by atoms with van der Waals surface area (Å²) in [5, 5.41) is 10.8. The molecule has 0 N–H and O–H groups in total. The first-order valence-corrected chi connectivity index (χ1v) is 7.34. The molecule has 0 fully saturated rings. The number of nitro groups is 1. The number of allylic oxidation sites excluding steroid dienone is 1. The third-order valence-electron chi connectivity index (χ3n) is 3.54. The largest absolute Gasteiger partial charge is 0.324 e. The second kappa shape index (κ2) is 6.75. The maximum Gasteiger partial charge on any atom is 0.270 e. The Bertz CT molecular complexity index is 912. The van der Waals surface area contributed by atoms with Crippen molar-refractivity contribution in [2.75, 3.05) is 0 Å². The van der Waals surface area contributed by atoms with Crippen molar-refractivity contribution in [1.29, 1.82) is 0 Å². The van der Waals surface area contributed by atoms with Crippen LogP contribution in [0, 0.1) is 10.1 Å². The quantitative estimate of drug-likeness (QED) is 0.305. The van der Waals surface area contributed by atoms with Crippen molar-refractivity contribution in [3.05, 3.63) is 100 Å². The van der Waals surface area contributed by atoms with E-state index in [1.165, 1.54) is 18.2 Å². The van der Waals surface area contributed by atoms with Gasteiger partial charge in [0.25, 0.3) is 5.69 Å². The molecule has 5 nitrogen and oxygen atoms in total. The minimum Gasteiger partial charge on any atom is -0.324 e. The van der Waals surface area contributed by atoms with Crippen LogP contribution in [0.1, 0.15) is 15.9 Å². The van der Waals surface area contributed by atoms with Gasteiger partial charge < -0.3 is 4.57 Å². The molecule has 0 saturated heterocycles. The van der Waals surface area contributed by atoms with Gasteiger partial charge in [-0.25, -0.2) is 0 Å². The lowest BCUT2D eigenvalue weighted by Crippen LogP contribution is -1.97. The van der Waals surface area contributed by atoms with E-state index in [1.54, 1.807) is 30.3 Å². The van der Waals surface area contributed by atoms with Crippen LogP contribution < -0.4 is 0 Å². The summed E-state index contributed by atoms with van der Waals surface area (Å²) in [6.45, 7) is 0. The van der Waals surface area contributed by atoms with E-state index in [9.17, 15) is 14.9 Å². The molecule has 0 aliphatic carbocycles. The molecule has 0 bridgehead atoms. The highest BCUT2D eigenvalue weighted by molar-refractivity contribution is 6.07. The number of carbonyl (C=O) groups excluding carboxylic acids is 1. The number of rotatable bonds is 5. The lowest BCUT2D eigenvalue weighted by atomic mass is 10.1. The molecule has 0 unspecified atom stereocenters. The lowest BCUT2D eigenvalue weighted by Gasteiger charge is -2.04. The van der Waals surface area contributed by atoms with E-state index in [4.69, 9.17) is 0 Å². The van der Waals surface area contributed by atoms with Crippen molar-refractivity contribution in [3.8, 4) is 5.69 Å². The normalized spacial score (nSPS) is 10.8. The summed E-state index contributed by atoms with van der Waals surface area (Å²) in [6, 6.07) is 17.3. The number of aromatic nitrogens is 1. The molecule has 1 heterocycles. The van der Waals surface area contributed by atoms with E-state index in [0.717, 1.165) is 5.69 Å². The first-order chi connectivity index (χ1) is 11.6. The minimum absolute atomic E-state index is 0.000737. The van der Waals surface area contributed by atoms with Crippen molar-refractivity contribution in [2.45, 2.75) is 0 Å². The van der Waals surface area contributed by atoms with Crippen LogP contribution in [0.4, 0.5) is 5.69 Å². The summed E-state index contributed by atoms with van der Waals surface area (Å²) in [6.07, 6.45) is 6.82. The Balaban J connectivity index is 1.81. The number of benzene rings is 2. The molecule has 118 valence electrons. The van der Waals surface area contributed by atoms with E-state index in [1.807, 2.05) is 41.2 Å². The molecule has 0 amide bonds. The summed E-state index contributed by atoms with van der Waals surface area (Å²) < 4.78 is 1.92. The van der Waals surface area contributed by atoms with Gasteiger partial charge in [0.1, 0.15) is 0 Å². The number of carbonyl (C=O) groups is 1. The Labute approximate surface area is 138 Å². The minimum atomic E-state index is -0.459. The van der Waals surface area contributed by atoms with Crippen LogP contribution >= 0.6 is 0 Å². The highest BCUT2D eigenvalue weighted by Crippen LogP contribution is 2.16. The number of nitro benzene ring substituents is 1. The maximum absolute atomic E-state index is 12.3. The average molecular weight is 318 g/mol. The zero-order valence-corrected chi connectivity index (χ0v) is 12.7. The Morgan fingerprint density at radius 3 is 2.50 bits per heavy atom. The molecule has 3 aromatic rings. The van der Waals surface area contributed by atoms with Gasteiger partial charge in [-0.1, -0.05) is 30.3 Å².